The van der Waals surface area contributed by atoms with E-state index in [2.05, 4.69) is 276 Å². The first-order chi connectivity index (χ1) is 37.7. The number of aromatic nitrogens is 2. The lowest BCUT2D eigenvalue weighted by molar-refractivity contribution is 0.985. The van der Waals surface area contributed by atoms with Crippen LogP contribution >= 0.6 is 0 Å². The summed E-state index contributed by atoms with van der Waals surface area (Å²) >= 11 is 0. The second-order valence-corrected chi connectivity index (χ2v) is 20.5. The van der Waals surface area contributed by atoms with Gasteiger partial charge in [-0.2, -0.15) is 0 Å². The molecule has 0 saturated carbocycles. The monoisotopic (exact) mass is 968 g/mol. The Kier molecular flexibility index (Phi) is 10.5. The number of fused-ring (bicyclic) bond motifs is 8. The van der Waals surface area contributed by atoms with Crippen molar-refractivity contribution in [2.24, 2.45) is 0 Å². The Morgan fingerprint density at radius 1 is 0.303 bits per heavy atom. The number of hydrogen-bond donors (Lipinski definition) is 0. The molecule has 0 atom stereocenters. The van der Waals surface area contributed by atoms with Crippen LogP contribution in [0.5, 0.6) is 0 Å². The van der Waals surface area contributed by atoms with Crippen LogP contribution in [0.4, 0.5) is 0 Å². The fourth-order valence-electron chi connectivity index (χ4n) is 12.7. The molecule has 2 nitrogen and oxygen atoms in total. The zero-order chi connectivity index (χ0) is 50.1. The molecule has 0 saturated heterocycles. The van der Waals surface area contributed by atoms with E-state index >= 15 is 0 Å². The third kappa shape index (κ3) is 7.17. The highest BCUT2D eigenvalue weighted by Crippen LogP contribution is 2.48. The van der Waals surface area contributed by atoms with Gasteiger partial charge in [0.2, 0.25) is 0 Å². The molecule has 2 aliphatic carbocycles. The zero-order valence-corrected chi connectivity index (χ0v) is 42.1. The molecule has 0 radical (unpaired) electrons. The number of nitrogens with zero attached hydrogens (tertiary/aromatic N) is 2. The molecule has 0 unspecified atom stereocenters. The molecule has 11 aromatic carbocycles. The first-order valence-corrected chi connectivity index (χ1v) is 26.9. The number of benzene rings is 11. The number of rotatable bonds is 8. The molecule has 2 aliphatic rings. The van der Waals surface area contributed by atoms with Gasteiger partial charge in [0.1, 0.15) is 0 Å². The summed E-state index contributed by atoms with van der Waals surface area (Å²) in [7, 11) is 0. The minimum Gasteiger partial charge on any atom is -0.308 e. The Balaban J connectivity index is 1.15. The van der Waals surface area contributed by atoms with Crippen LogP contribution in [0.3, 0.4) is 0 Å². The number of hydrogen-bond acceptors (Lipinski definition) is 0. The lowest BCUT2D eigenvalue weighted by atomic mass is 9.88. The Labute approximate surface area is 442 Å². The van der Waals surface area contributed by atoms with Gasteiger partial charge >= 0.3 is 0 Å². The van der Waals surface area contributed by atoms with Crippen molar-refractivity contribution in [3.63, 3.8) is 0 Å². The van der Waals surface area contributed by atoms with Gasteiger partial charge in [0, 0.05) is 27.2 Å². The minimum atomic E-state index is 0.978. The highest BCUT2D eigenvalue weighted by Gasteiger charge is 2.27. The van der Waals surface area contributed by atoms with Crippen LogP contribution < -0.4 is 0 Å². The molecule has 15 rings (SSSR count). The molecular weight excluding hydrogens is 917 g/mol. The lowest BCUT2D eigenvalue weighted by Gasteiger charge is -2.26. The summed E-state index contributed by atoms with van der Waals surface area (Å²) in [6, 6.07) is 86.5. The van der Waals surface area contributed by atoms with Gasteiger partial charge in [0.05, 0.1) is 28.5 Å². The van der Waals surface area contributed by atoms with E-state index in [0.29, 0.717) is 0 Å². The van der Waals surface area contributed by atoms with E-state index in [1.165, 1.54) is 115 Å². The summed E-state index contributed by atoms with van der Waals surface area (Å²) in [5.74, 6) is 0. The lowest BCUT2D eigenvalue weighted by Crippen LogP contribution is -2.09. The second kappa shape index (κ2) is 18.2. The molecule has 0 spiro atoms. The predicted molar refractivity (Wildman–Crippen MR) is 325 cm³/mol. The largest absolute Gasteiger partial charge is 0.308 e. The molecule has 2 aromatic heterocycles. The van der Waals surface area contributed by atoms with Gasteiger partial charge in [-0.1, -0.05) is 218 Å². The molecule has 0 aliphatic heterocycles. The highest BCUT2D eigenvalue weighted by atomic mass is 15.0. The second-order valence-electron chi connectivity index (χ2n) is 20.5. The van der Waals surface area contributed by atoms with E-state index in [0.717, 1.165) is 53.9 Å². The standard InChI is InChI=1S/C74H52N2/c1-5-21-49(22-6-1)69-41-42-70(50-23-7-2-8-24-50)75(69)73-63-39-37-55(65-45-53-29-13-15-31-57(53)59-33-17-19-35-61(59)65)47-67(63)74(76-71(51-25-9-3-10-26-51)43-44-72(76)52-27-11-4-12-28-52)68-48-56(38-40-64(68)73)66-46-54-30-14-16-32-58(54)60-34-18-20-36-62(60)66/h1,3-5,7,9-21,23-48H,2,6,8,22H2. The van der Waals surface area contributed by atoms with Crippen molar-refractivity contribution < 1.29 is 0 Å². The molecule has 0 bridgehead atoms. The molecule has 0 N–H and O–H groups in total. The van der Waals surface area contributed by atoms with Gasteiger partial charge in [0.25, 0.3) is 0 Å². The van der Waals surface area contributed by atoms with Gasteiger partial charge in [-0.25, -0.2) is 0 Å². The predicted octanol–water partition coefficient (Wildman–Crippen LogP) is 20.3. The zero-order valence-electron chi connectivity index (χ0n) is 42.1. The van der Waals surface area contributed by atoms with E-state index in [9.17, 15) is 0 Å². The maximum Gasteiger partial charge on any atom is 0.0620 e. The molecule has 13 aromatic rings. The van der Waals surface area contributed by atoms with Crippen molar-refractivity contribution >= 4 is 75.8 Å². The fourth-order valence-corrected chi connectivity index (χ4v) is 12.7. The molecule has 0 fully saturated rings. The van der Waals surface area contributed by atoms with E-state index in [4.69, 9.17) is 0 Å². The summed E-state index contributed by atoms with van der Waals surface area (Å²) in [6.07, 6.45) is 18.1. The van der Waals surface area contributed by atoms with Gasteiger partial charge in [-0.15, -0.1) is 0 Å². The van der Waals surface area contributed by atoms with Crippen molar-refractivity contribution in [1.29, 1.82) is 0 Å². The Morgan fingerprint density at radius 2 is 0.776 bits per heavy atom. The smallest absolute Gasteiger partial charge is 0.0620 e. The van der Waals surface area contributed by atoms with Gasteiger partial charge < -0.3 is 9.13 Å². The van der Waals surface area contributed by atoms with Crippen LogP contribution in [0, 0.1) is 0 Å². The molecule has 2 heteroatoms. The van der Waals surface area contributed by atoms with Crippen LogP contribution in [0.2, 0.25) is 0 Å². The van der Waals surface area contributed by atoms with E-state index in [1.54, 1.807) is 0 Å². The number of allylic oxidation sites excluding steroid dienone is 8. The summed E-state index contributed by atoms with van der Waals surface area (Å²) in [4.78, 5) is 0. The third-order valence-electron chi connectivity index (χ3n) is 16.2. The molecule has 358 valence electrons. The summed E-state index contributed by atoms with van der Waals surface area (Å²) < 4.78 is 5.21. The molecule has 2 heterocycles. The van der Waals surface area contributed by atoms with Crippen molar-refractivity contribution in [1.82, 2.24) is 9.13 Å². The maximum atomic E-state index is 2.63. The third-order valence-corrected chi connectivity index (χ3v) is 16.2. The van der Waals surface area contributed by atoms with Crippen molar-refractivity contribution in [2.75, 3.05) is 0 Å². The Bertz CT molecular complexity index is 4370. The summed E-state index contributed by atoms with van der Waals surface area (Å²) in [5, 5.41) is 14.8. The highest BCUT2D eigenvalue weighted by molar-refractivity contribution is 6.20. The topological polar surface area (TPSA) is 9.86 Å². The first kappa shape index (κ1) is 44.0. The molecular formula is C74H52N2. The Hall–Kier alpha value is -9.50. The average Bonchev–Trinajstić information content (AvgIpc) is 4.25. The quantitative estimate of drug-likeness (QED) is 0.106. The fraction of sp³-hybridized carbons (Fsp3) is 0.0541. The van der Waals surface area contributed by atoms with Gasteiger partial charge in [-0.05, 0) is 162 Å². The van der Waals surface area contributed by atoms with Gasteiger partial charge in [0.15, 0.2) is 0 Å². The summed E-state index contributed by atoms with van der Waals surface area (Å²) in [5.41, 5.74) is 16.8. The van der Waals surface area contributed by atoms with Crippen LogP contribution in [-0.4, -0.2) is 9.13 Å². The SMILES string of the molecule is C1=CCCC(c2ccc(C3=CCCC=C3)n2-c2c3ccc(-c4cc5ccccc5c5ccccc45)cc3c(-n3c(-c4ccccc4)ccc3-c3ccccc3)c3cc(-c4cc5ccccc5c5ccccc45)ccc23)=C1. The molecule has 0 amide bonds. The van der Waals surface area contributed by atoms with E-state index < -0.39 is 0 Å². The van der Waals surface area contributed by atoms with Crippen LogP contribution in [0.25, 0.3) is 132 Å². The normalized spacial score (nSPS) is 13.6. The molecule has 76 heavy (non-hydrogen) atoms. The average molecular weight is 969 g/mol. The van der Waals surface area contributed by atoms with Crippen molar-refractivity contribution in [3.05, 3.63) is 278 Å². The Morgan fingerprint density at radius 3 is 1.30 bits per heavy atom. The van der Waals surface area contributed by atoms with Crippen molar-refractivity contribution in [3.8, 4) is 56.1 Å². The van der Waals surface area contributed by atoms with Gasteiger partial charge in [-0.3, -0.25) is 0 Å². The first-order valence-electron chi connectivity index (χ1n) is 26.9. The summed E-state index contributed by atoms with van der Waals surface area (Å²) in [6.45, 7) is 0. The maximum absolute atomic E-state index is 2.63. The minimum absolute atomic E-state index is 0.978. The van der Waals surface area contributed by atoms with Crippen LogP contribution in [0.15, 0.2) is 267 Å². The van der Waals surface area contributed by atoms with Crippen molar-refractivity contribution in [2.45, 2.75) is 25.7 Å². The van der Waals surface area contributed by atoms with Crippen LogP contribution in [-0.2, 0) is 0 Å². The van der Waals surface area contributed by atoms with E-state index in [-0.39, 0.29) is 0 Å². The van der Waals surface area contributed by atoms with E-state index in [1.807, 2.05) is 0 Å². The van der Waals surface area contributed by atoms with Crippen LogP contribution in [0.1, 0.15) is 37.1 Å².